The van der Waals surface area contributed by atoms with Crippen molar-refractivity contribution in [1.29, 1.82) is 0 Å². The highest BCUT2D eigenvalue weighted by Crippen LogP contribution is 2.36. The molecule has 5 rings (SSSR count). The first kappa shape index (κ1) is 19.8. The van der Waals surface area contributed by atoms with E-state index < -0.39 is 11.9 Å². The predicted molar refractivity (Wildman–Crippen MR) is 125 cm³/mol. The van der Waals surface area contributed by atoms with E-state index in [2.05, 4.69) is 53.1 Å². The number of carboxylic acids is 1. The molecule has 1 aliphatic rings. The Kier molecular flexibility index (Phi) is 4.86. The maximum absolute atomic E-state index is 11.9. The zero-order chi connectivity index (χ0) is 22.2. The molecular weight excluding hydrogens is 402 g/mol. The topological polar surface area (TPSA) is 68.5 Å². The van der Waals surface area contributed by atoms with Gasteiger partial charge in [0.1, 0.15) is 11.3 Å². The minimum absolute atomic E-state index is 0.0361. The van der Waals surface area contributed by atoms with E-state index in [0.717, 1.165) is 45.8 Å². The molecule has 0 unspecified atom stereocenters. The molecule has 0 saturated carbocycles. The van der Waals surface area contributed by atoms with Crippen LogP contribution in [0.4, 0.5) is 0 Å². The number of esters is 1. The lowest BCUT2D eigenvalue weighted by Crippen LogP contribution is -2.09. The van der Waals surface area contributed by atoms with Crippen LogP contribution < -0.4 is 4.74 Å². The van der Waals surface area contributed by atoms with E-state index in [4.69, 9.17) is 4.74 Å². The zero-order valence-corrected chi connectivity index (χ0v) is 17.5. The van der Waals surface area contributed by atoms with Crippen molar-refractivity contribution in [1.82, 2.24) is 4.57 Å². The highest BCUT2D eigenvalue weighted by molar-refractivity contribution is 6.09. The van der Waals surface area contributed by atoms with Gasteiger partial charge in [0.2, 0.25) is 0 Å². The molecule has 0 bridgehead atoms. The number of aromatic nitrogens is 1. The number of hydrogen-bond acceptors (Lipinski definition) is 3. The van der Waals surface area contributed by atoms with Crippen molar-refractivity contribution in [3.63, 3.8) is 0 Å². The number of fused-ring (bicyclic) bond motifs is 3. The number of nitrogens with zero attached hydrogens (tertiary/aromatic N) is 1. The van der Waals surface area contributed by atoms with Gasteiger partial charge in [-0.05, 0) is 59.5 Å². The second kappa shape index (κ2) is 7.85. The fourth-order valence-electron chi connectivity index (χ4n) is 4.32. The second-order valence-electron chi connectivity index (χ2n) is 7.80. The molecule has 5 heteroatoms. The molecule has 0 saturated heterocycles. The fourth-order valence-corrected chi connectivity index (χ4v) is 4.32. The van der Waals surface area contributed by atoms with Gasteiger partial charge in [-0.1, -0.05) is 48.6 Å². The van der Waals surface area contributed by atoms with Crippen molar-refractivity contribution in [2.75, 3.05) is 0 Å². The average Bonchev–Trinajstić information content (AvgIpc) is 3.19. The van der Waals surface area contributed by atoms with Crippen molar-refractivity contribution in [2.24, 2.45) is 0 Å². The SMILES string of the molecule is CC(=O)Oc1ccc(-n2c(C3=CCCC=C3)cc3c4ccccc4ccc32)cc1C(=O)O. The molecule has 1 aromatic heterocycles. The van der Waals surface area contributed by atoms with E-state index >= 15 is 0 Å². The number of benzene rings is 3. The Bertz CT molecular complexity index is 1460. The minimum atomic E-state index is -1.15. The van der Waals surface area contributed by atoms with Crippen LogP contribution in [0.5, 0.6) is 5.75 Å². The van der Waals surface area contributed by atoms with Crippen LogP contribution >= 0.6 is 0 Å². The standard InChI is InChI=1S/C27H21NO4/c1-17(29)32-26-14-12-20(15-23(26)27(30)31)28-24-13-11-18-7-5-6-10-21(18)22(24)16-25(28)19-8-3-2-4-9-19/h3,5-16H,2,4H2,1H3,(H,30,31). The van der Waals surface area contributed by atoms with Gasteiger partial charge in [0.15, 0.2) is 0 Å². The number of ether oxygens (including phenoxy) is 1. The van der Waals surface area contributed by atoms with Gasteiger partial charge in [-0.15, -0.1) is 0 Å². The summed E-state index contributed by atoms with van der Waals surface area (Å²) in [4.78, 5) is 23.4. The number of allylic oxidation sites excluding steroid dienone is 4. The molecule has 4 aromatic rings. The van der Waals surface area contributed by atoms with E-state index in [9.17, 15) is 14.7 Å². The van der Waals surface area contributed by atoms with Crippen LogP contribution in [0.25, 0.3) is 32.9 Å². The molecule has 0 fully saturated rings. The number of rotatable bonds is 4. The monoisotopic (exact) mass is 423 g/mol. The van der Waals surface area contributed by atoms with Crippen molar-refractivity contribution in [3.8, 4) is 11.4 Å². The Labute approximate surface area is 184 Å². The van der Waals surface area contributed by atoms with Gasteiger partial charge in [0.05, 0.1) is 11.2 Å². The Balaban J connectivity index is 1.81. The molecule has 1 N–H and O–H groups in total. The quantitative estimate of drug-likeness (QED) is 0.316. The third-order valence-corrected chi connectivity index (χ3v) is 5.71. The summed E-state index contributed by atoms with van der Waals surface area (Å²) in [7, 11) is 0. The number of carbonyl (C=O) groups excluding carboxylic acids is 1. The first-order valence-electron chi connectivity index (χ1n) is 10.5. The summed E-state index contributed by atoms with van der Waals surface area (Å²) in [6.07, 6.45) is 8.44. The Morgan fingerprint density at radius 3 is 2.56 bits per heavy atom. The smallest absolute Gasteiger partial charge is 0.339 e. The van der Waals surface area contributed by atoms with Crippen molar-refractivity contribution in [3.05, 3.63) is 90.1 Å². The van der Waals surface area contributed by atoms with Crippen molar-refractivity contribution in [2.45, 2.75) is 19.8 Å². The van der Waals surface area contributed by atoms with Gasteiger partial charge in [0.25, 0.3) is 0 Å². The molecule has 0 aliphatic heterocycles. The highest BCUT2D eigenvalue weighted by Gasteiger charge is 2.19. The van der Waals surface area contributed by atoms with E-state index in [1.165, 1.54) is 6.92 Å². The number of hydrogen-bond donors (Lipinski definition) is 1. The van der Waals surface area contributed by atoms with E-state index in [-0.39, 0.29) is 11.3 Å². The summed E-state index contributed by atoms with van der Waals surface area (Å²) in [5, 5.41) is 13.1. The van der Waals surface area contributed by atoms with Gasteiger partial charge < -0.3 is 14.4 Å². The van der Waals surface area contributed by atoms with Crippen LogP contribution in [0.1, 0.15) is 35.8 Å². The highest BCUT2D eigenvalue weighted by atomic mass is 16.5. The molecule has 1 heterocycles. The van der Waals surface area contributed by atoms with E-state index in [1.807, 2.05) is 12.1 Å². The summed E-state index contributed by atoms with van der Waals surface area (Å²) < 4.78 is 7.20. The van der Waals surface area contributed by atoms with Gasteiger partial charge in [-0.25, -0.2) is 4.79 Å². The normalized spacial score (nSPS) is 13.3. The Morgan fingerprint density at radius 2 is 1.81 bits per heavy atom. The minimum Gasteiger partial charge on any atom is -0.478 e. The molecule has 0 spiro atoms. The molecule has 0 radical (unpaired) electrons. The zero-order valence-electron chi connectivity index (χ0n) is 17.5. The van der Waals surface area contributed by atoms with Crippen molar-refractivity contribution >= 4 is 39.2 Å². The predicted octanol–water partition coefficient (Wildman–Crippen LogP) is 6.14. The molecule has 0 atom stereocenters. The van der Waals surface area contributed by atoms with Crippen LogP contribution in [0, 0.1) is 0 Å². The van der Waals surface area contributed by atoms with Gasteiger partial charge >= 0.3 is 11.9 Å². The molecule has 32 heavy (non-hydrogen) atoms. The lowest BCUT2D eigenvalue weighted by Gasteiger charge is -2.15. The van der Waals surface area contributed by atoms with E-state index in [0.29, 0.717) is 5.69 Å². The summed E-state index contributed by atoms with van der Waals surface area (Å²) in [6.45, 7) is 1.25. The molecule has 3 aromatic carbocycles. The maximum atomic E-state index is 11.9. The number of carbonyl (C=O) groups is 2. The molecule has 1 aliphatic carbocycles. The summed E-state index contributed by atoms with van der Waals surface area (Å²) >= 11 is 0. The first-order chi connectivity index (χ1) is 15.5. The summed E-state index contributed by atoms with van der Waals surface area (Å²) in [5.74, 6) is -1.67. The third-order valence-electron chi connectivity index (χ3n) is 5.71. The van der Waals surface area contributed by atoms with Crippen LogP contribution in [0.15, 0.2) is 78.9 Å². The van der Waals surface area contributed by atoms with E-state index in [1.54, 1.807) is 18.2 Å². The summed E-state index contributed by atoms with van der Waals surface area (Å²) in [6, 6.07) is 19.4. The fraction of sp³-hybridized carbons (Fsp3) is 0.111. The van der Waals surface area contributed by atoms with Crippen molar-refractivity contribution < 1.29 is 19.4 Å². The van der Waals surface area contributed by atoms with Crippen LogP contribution in [-0.2, 0) is 4.79 Å². The summed E-state index contributed by atoms with van der Waals surface area (Å²) in [5.41, 5.74) is 3.70. The lowest BCUT2D eigenvalue weighted by atomic mass is 10.0. The Morgan fingerprint density at radius 1 is 0.969 bits per heavy atom. The van der Waals surface area contributed by atoms with Crippen LogP contribution in [-0.4, -0.2) is 21.6 Å². The molecule has 5 nitrogen and oxygen atoms in total. The van der Waals surface area contributed by atoms with Crippen LogP contribution in [0.2, 0.25) is 0 Å². The first-order valence-corrected chi connectivity index (χ1v) is 10.5. The second-order valence-corrected chi connectivity index (χ2v) is 7.80. The van der Waals surface area contributed by atoms with Gasteiger partial charge in [0, 0.05) is 18.0 Å². The Hall–Kier alpha value is -4.12. The van der Waals surface area contributed by atoms with Gasteiger partial charge in [-0.3, -0.25) is 4.79 Å². The largest absolute Gasteiger partial charge is 0.478 e. The molecule has 0 amide bonds. The number of carboxylic acid groups (broad SMARTS) is 1. The maximum Gasteiger partial charge on any atom is 0.339 e. The molecule has 158 valence electrons. The average molecular weight is 423 g/mol. The van der Waals surface area contributed by atoms with Crippen LogP contribution in [0.3, 0.4) is 0 Å². The number of aromatic carboxylic acids is 1. The third kappa shape index (κ3) is 3.38. The molecular formula is C27H21NO4. The lowest BCUT2D eigenvalue weighted by molar-refractivity contribution is -0.131. The van der Waals surface area contributed by atoms with Gasteiger partial charge in [-0.2, -0.15) is 0 Å².